The Morgan fingerprint density at radius 1 is 1.14 bits per heavy atom. The number of carbonyl (C=O) groups is 2. The van der Waals surface area contributed by atoms with Gasteiger partial charge in [0.05, 0.1) is 24.3 Å². The van der Waals surface area contributed by atoms with Crippen molar-refractivity contribution in [1.29, 1.82) is 0 Å². The van der Waals surface area contributed by atoms with Crippen LogP contribution >= 0.6 is 0 Å². The van der Waals surface area contributed by atoms with Crippen LogP contribution in [0.2, 0.25) is 0 Å². The zero-order valence-corrected chi connectivity index (χ0v) is 21.7. The van der Waals surface area contributed by atoms with Crippen LogP contribution in [-0.2, 0) is 38.9 Å². The van der Waals surface area contributed by atoms with Crippen molar-refractivity contribution < 1.29 is 23.5 Å². The first-order valence-electron chi connectivity index (χ1n) is 12.0. The predicted molar refractivity (Wildman–Crippen MR) is 131 cm³/mol. The molecule has 3 heterocycles. The molecule has 0 bridgehead atoms. The Labute approximate surface area is 208 Å². The van der Waals surface area contributed by atoms with Gasteiger partial charge in [-0.3, -0.25) is 28.1 Å². The van der Waals surface area contributed by atoms with Crippen LogP contribution in [0.3, 0.4) is 0 Å². The van der Waals surface area contributed by atoms with Crippen molar-refractivity contribution in [3.63, 3.8) is 0 Å². The number of carbonyl (C=O) groups excluding carboxylic acids is 2. The lowest BCUT2D eigenvalue weighted by Gasteiger charge is -2.17. The van der Waals surface area contributed by atoms with E-state index >= 15 is 0 Å². The number of fused-ring (bicyclic) bond motifs is 1. The van der Waals surface area contributed by atoms with E-state index in [1.54, 1.807) is 46.8 Å². The minimum absolute atomic E-state index is 0.0876. The zero-order valence-electron chi connectivity index (χ0n) is 21.7. The number of furan rings is 1. The summed E-state index contributed by atoms with van der Waals surface area (Å²) in [7, 11) is 0. The molecule has 0 N–H and O–H groups in total. The monoisotopic (exact) mass is 502 g/mol. The van der Waals surface area contributed by atoms with Crippen molar-refractivity contribution in [1.82, 2.24) is 18.7 Å². The van der Waals surface area contributed by atoms with Gasteiger partial charge in [0.15, 0.2) is 17.9 Å². The largest absolute Gasteiger partial charge is 0.467 e. The fraction of sp³-hybridized carbons (Fsp3) is 0.560. The Hall–Kier alpha value is -3.63. The molecule has 0 unspecified atom stereocenters. The number of hydrogen-bond donors (Lipinski definition) is 0. The summed E-state index contributed by atoms with van der Waals surface area (Å²) in [5, 5.41) is 0. The van der Waals surface area contributed by atoms with Crippen LogP contribution in [0.25, 0.3) is 11.2 Å². The van der Waals surface area contributed by atoms with Gasteiger partial charge >= 0.3 is 17.6 Å². The minimum Gasteiger partial charge on any atom is -0.467 e. The number of aromatic nitrogens is 4. The van der Waals surface area contributed by atoms with E-state index in [1.807, 2.05) is 0 Å². The molecule has 0 aliphatic rings. The lowest BCUT2D eigenvalue weighted by molar-refractivity contribution is -0.156. The van der Waals surface area contributed by atoms with E-state index in [1.165, 1.54) is 26.9 Å². The molecule has 1 atom stereocenters. The maximum absolute atomic E-state index is 13.5. The summed E-state index contributed by atoms with van der Waals surface area (Å²) in [4.78, 5) is 54.9. The van der Waals surface area contributed by atoms with Crippen LogP contribution in [0.4, 0.5) is 0 Å². The third kappa shape index (κ3) is 6.13. The number of unbranched alkanes of at least 4 members (excludes halogenated alkanes) is 1. The third-order valence-corrected chi connectivity index (χ3v) is 5.75. The highest BCUT2D eigenvalue weighted by atomic mass is 16.5. The lowest BCUT2D eigenvalue weighted by atomic mass is 9.98. The molecule has 3 aromatic heterocycles. The molecule has 0 aliphatic heterocycles. The van der Waals surface area contributed by atoms with Gasteiger partial charge in [-0.05, 0) is 66.0 Å². The standard InChI is InChI=1S/C25H34N4O7/c1-16(36-18(3)30)10-7-8-12-27-22(31)20-21(28(24(27)33)14-19-11-9-13-34-19)26-17(2)29(20)15-35-23(32)25(4,5)6/h9,11,13,16H,7-8,10,12,14-15H2,1-6H3/t16-/m0/s1. The summed E-state index contributed by atoms with van der Waals surface area (Å²) < 4.78 is 20.1. The van der Waals surface area contributed by atoms with E-state index in [0.29, 0.717) is 30.8 Å². The first-order valence-corrected chi connectivity index (χ1v) is 12.0. The summed E-state index contributed by atoms with van der Waals surface area (Å²) in [6.45, 7) is 10.1. The highest BCUT2D eigenvalue weighted by Gasteiger charge is 2.25. The topological polar surface area (TPSA) is 128 Å². The smallest absolute Gasteiger partial charge is 0.333 e. The molecule has 11 nitrogen and oxygen atoms in total. The number of imidazole rings is 1. The van der Waals surface area contributed by atoms with E-state index in [2.05, 4.69) is 4.98 Å². The lowest BCUT2D eigenvalue weighted by Crippen LogP contribution is -2.41. The fourth-order valence-electron chi connectivity index (χ4n) is 3.84. The molecule has 36 heavy (non-hydrogen) atoms. The molecule has 0 aliphatic carbocycles. The van der Waals surface area contributed by atoms with E-state index < -0.39 is 22.6 Å². The molecule has 0 saturated carbocycles. The van der Waals surface area contributed by atoms with E-state index in [9.17, 15) is 19.2 Å². The first kappa shape index (κ1) is 27.0. The Morgan fingerprint density at radius 2 is 1.86 bits per heavy atom. The second-order valence-electron chi connectivity index (χ2n) is 9.89. The molecule has 0 radical (unpaired) electrons. The van der Waals surface area contributed by atoms with Crippen LogP contribution in [0, 0.1) is 12.3 Å². The van der Waals surface area contributed by atoms with Gasteiger partial charge in [0.2, 0.25) is 0 Å². The molecule has 196 valence electrons. The number of hydrogen-bond acceptors (Lipinski definition) is 8. The van der Waals surface area contributed by atoms with Gasteiger partial charge in [0, 0.05) is 13.5 Å². The van der Waals surface area contributed by atoms with Gasteiger partial charge in [-0.1, -0.05) is 0 Å². The molecule has 0 amide bonds. The van der Waals surface area contributed by atoms with E-state index in [0.717, 1.165) is 0 Å². The van der Waals surface area contributed by atoms with Gasteiger partial charge in [0.1, 0.15) is 11.6 Å². The first-order chi connectivity index (χ1) is 16.9. The van der Waals surface area contributed by atoms with Crippen LogP contribution in [0.5, 0.6) is 0 Å². The summed E-state index contributed by atoms with van der Waals surface area (Å²) in [5.41, 5.74) is -1.35. The van der Waals surface area contributed by atoms with Crippen LogP contribution < -0.4 is 11.2 Å². The average molecular weight is 503 g/mol. The predicted octanol–water partition coefficient (Wildman–Crippen LogP) is 2.98. The molecule has 0 fully saturated rings. The molecule has 11 heteroatoms. The summed E-state index contributed by atoms with van der Waals surface area (Å²) in [5.74, 6) is 0.199. The maximum Gasteiger partial charge on any atom is 0.333 e. The van der Waals surface area contributed by atoms with Gasteiger partial charge in [-0.2, -0.15) is 0 Å². The van der Waals surface area contributed by atoms with Crippen molar-refractivity contribution in [2.75, 3.05) is 0 Å². The van der Waals surface area contributed by atoms with Crippen molar-refractivity contribution in [2.24, 2.45) is 5.41 Å². The molecule has 3 rings (SSSR count). The zero-order chi connectivity index (χ0) is 26.6. The Balaban J connectivity index is 1.99. The molecular weight excluding hydrogens is 468 g/mol. The van der Waals surface area contributed by atoms with Gasteiger partial charge in [-0.25, -0.2) is 9.78 Å². The van der Waals surface area contributed by atoms with Crippen molar-refractivity contribution >= 4 is 23.1 Å². The number of rotatable bonds is 10. The molecule has 3 aromatic rings. The highest BCUT2D eigenvalue weighted by Crippen LogP contribution is 2.18. The Bertz CT molecular complexity index is 1340. The molecule has 0 spiro atoms. The van der Waals surface area contributed by atoms with Crippen LogP contribution in [0.1, 0.15) is 65.5 Å². The number of esters is 2. The third-order valence-electron chi connectivity index (χ3n) is 5.75. The highest BCUT2D eigenvalue weighted by molar-refractivity contribution is 5.75. The molecule has 0 saturated heterocycles. The summed E-state index contributed by atoms with van der Waals surface area (Å²) in [6.07, 6.45) is 3.04. The quantitative estimate of drug-likeness (QED) is 0.306. The SMILES string of the molecule is CC(=O)O[C@@H](C)CCCCn1c(=O)c2c(nc(C)n2COC(=O)C(C)(C)C)n(Cc2ccco2)c1=O. The molecule has 0 aromatic carbocycles. The van der Waals surface area contributed by atoms with Crippen LogP contribution in [-0.4, -0.2) is 36.7 Å². The van der Waals surface area contributed by atoms with E-state index in [-0.39, 0.29) is 43.1 Å². The number of nitrogens with zero attached hydrogens (tertiary/aromatic N) is 4. The van der Waals surface area contributed by atoms with Gasteiger partial charge < -0.3 is 13.9 Å². The Morgan fingerprint density at radius 3 is 2.47 bits per heavy atom. The van der Waals surface area contributed by atoms with Crippen molar-refractivity contribution in [2.45, 2.75) is 86.7 Å². The average Bonchev–Trinajstić information content (AvgIpc) is 3.40. The normalized spacial score (nSPS) is 12.6. The molecular formula is C25H34N4O7. The van der Waals surface area contributed by atoms with Crippen molar-refractivity contribution in [3.05, 3.63) is 50.8 Å². The number of aryl methyl sites for hydroxylation is 1. The van der Waals surface area contributed by atoms with Gasteiger partial charge in [0.25, 0.3) is 5.56 Å². The minimum atomic E-state index is -0.713. The van der Waals surface area contributed by atoms with Gasteiger partial charge in [-0.15, -0.1) is 0 Å². The summed E-state index contributed by atoms with van der Waals surface area (Å²) in [6, 6.07) is 3.45. The maximum atomic E-state index is 13.5. The summed E-state index contributed by atoms with van der Waals surface area (Å²) >= 11 is 0. The number of ether oxygens (including phenoxy) is 2. The Kier molecular flexibility index (Phi) is 8.21. The fourth-order valence-corrected chi connectivity index (χ4v) is 3.84. The van der Waals surface area contributed by atoms with Crippen molar-refractivity contribution in [3.8, 4) is 0 Å². The van der Waals surface area contributed by atoms with E-state index in [4.69, 9.17) is 13.9 Å². The second-order valence-corrected chi connectivity index (χ2v) is 9.89. The second kappa shape index (κ2) is 11.0. The van der Waals surface area contributed by atoms with Crippen LogP contribution in [0.15, 0.2) is 32.4 Å².